The molecule has 2 aromatic rings. The number of anilines is 1. The first-order valence-corrected chi connectivity index (χ1v) is 8.34. The molecule has 14 heteroatoms. The van der Waals surface area contributed by atoms with Crippen molar-refractivity contribution in [2.45, 2.75) is 19.0 Å². The van der Waals surface area contributed by atoms with E-state index in [2.05, 4.69) is 15.1 Å². The van der Waals surface area contributed by atoms with Gasteiger partial charge in [-0.2, -0.15) is 23.3 Å². The summed E-state index contributed by atoms with van der Waals surface area (Å²) in [6.07, 6.45) is -3.19. The standard InChI is InChI=1S/C15H15F3N6O5/c1-22-10(6-9(21-22)15(16,17)18)29-13-11(24(27)28)12(19-7-20-13)23-4-2-8(3-5-23)14(25)26/h6-8H,2-5H2,1H3,(H,25,26). The topological polar surface area (TPSA) is 137 Å². The summed E-state index contributed by atoms with van der Waals surface area (Å²) in [5.74, 6) is -2.53. The van der Waals surface area contributed by atoms with Crippen molar-refractivity contribution >= 4 is 17.5 Å². The SMILES string of the molecule is Cn1nc(C(F)(F)F)cc1Oc1ncnc(N2CCC(C(=O)O)CC2)c1[N+](=O)[O-]. The van der Waals surface area contributed by atoms with Gasteiger partial charge < -0.3 is 14.7 Å². The van der Waals surface area contributed by atoms with Gasteiger partial charge >= 0.3 is 23.7 Å². The predicted octanol–water partition coefficient (Wildman–Crippen LogP) is 2.23. The first kappa shape index (κ1) is 20.3. The lowest BCUT2D eigenvalue weighted by atomic mass is 9.97. The number of ether oxygens (including phenoxy) is 1. The van der Waals surface area contributed by atoms with Gasteiger partial charge in [-0.15, -0.1) is 0 Å². The second kappa shape index (κ2) is 7.52. The number of carboxylic acids is 1. The maximum atomic E-state index is 12.8. The van der Waals surface area contributed by atoms with Crippen LogP contribution in [0.3, 0.4) is 0 Å². The summed E-state index contributed by atoms with van der Waals surface area (Å²) in [5.41, 5.74) is -1.85. The molecule has 1 aliphatic heterocycles. The molecule has 0 atom stereocenters. The fourth-order valence-electron chi connectivity index (χ4n) is 2.94. The van der Waals surface area contributed by atoms with Crippen LogP contribution in [0.2, 0.25) is 0 Å². The molecular weight excluding hydrogens is 401 g/mol. The number of halogens is 3. The number of hydrogen-bond donors (Lipinski definition) is 1. The van der Waals surface area contributed by atoms with Gasteiger partial charge in [0.25, 0.3) is 0 Å². The van der Waals surface area contributed by atoms with Gasteiger partial charge in [0, 0.05) is 26.2 Å². The molecule has 2 aromatic heterocycles. The number of aromatic nitrogens is 4. The molecule has 1 N–H and O–H groups in total. The Balaban J connectivity index is 1.91. The third-order valence-electron chi connectivity index (χ3n) is 4.42. The van der Waals surface area contributed by atoms with Gasteiger partial charge in [-0.25, -0.2) is 9.67 Å². The van der Waals surface area contributed by atoms with Crippen molar-refractivity contribution in [3.05, 3.63) is 28.2 Å². The maximum absolute atomic E-state index is 12.8. The molecule has 0 amide bonds. The lowest BCUT2D eigenvalue weighted by Crippen LogP contribution is -2.37. The van der Waals surface area contributed by atoms with Crippen LogP contribution in [0.25, 0.3) is 0 Å². The van der Waals surface area contributed by atoms with Crippen molar-refractivity contribution in [2.24, 2.45) is 13.0 Å². The number of nitro groups is 1. The minimum Gasteiger partial charge on any atom is -0.481 e. The molecule has 1 fully saturated rings. The van der Waals surface area contributed by atoms with E-state index >= 15 is 0 Å². The minimum absolute atomic E-state index is 0.0953. The van der Waals surface area contributed by atoms with Gasteiger partial charge in [0.15, 0.2) is 5.69 Å². The van der Waals surface area contributed by atoms with Crippen LogP contribution >= 0.6 is 0 Å². The van der Waals surface area contributed by atoms with Gasteiger partial charge in [0.1, 0.15) is 6.33 Å². The molecule has 0 aromatic carbocycles. The van der Waals surface area contributed by atoms with Gasteiger partial charge in [-0.3, -0.25) is 14.9 Å². The van der Waals surface area contributed by atoms with Gasteiger partial charge in [-0.1, -0.05) is 0 Å². The minimum atomic E-state index is -4.71. The zero-order valence-electron chi connectivity index (χ0n) is 15.0. The average molecular weight is 416 g/mol. The van der Waals surface area contributed by atoms with Crippen molar-refractivity contribution in [2.75, 3.05) is 18.0 Å². The molecule has 29 heavy (non-hydrogen) atoms. The average Bonchev–Trinajstić information content (AvgIpc) is 3.02. The summed E-state index contributed by atoms with van der Waals surface area (Å²) in [7, 11) is 1.19. The van der Waals surface area contributed by atoms with Crippen LogP contribution in [-0.2, 0) is 18.0 Å². The molecule has 1 aliphatic rings. The van der Waals surface area contributed by atoms with Crippen LogP contribution < -0.4 is 9.64 Å². The summed E-state index contributed by atoms with van der Waals surface area (Å²) in [4.78, 5) is 31.0. The van der Waals surface area contributed by atoms with Crippen molar-refractivity contribution in [3.8, 4) is 11.8 Å². The smallest absolute Gasteiger partial charge is 0.435 e. The fraction of sp³-hybridized carbons (Fsp3) is 0.467. The van der Waals surface area contributed by atoms with E-state index < -0.39 is 46.1 Å². The quantitative estimate of drug-likeness (QED) is 0.574. The van der Waals surface area contributed by atoms with E-state index in [1.165, 1.54) is 11.9 Å². The lowest BCUT2D eigenvalue weighted by Gasteiger charge is -2.30. The summed E-state index contributed by atoms with van der Waals surface area (Å²) in [5, 5.41) is 24.0. The van der Waals surface area contributed by atoms with Crippen LogP contribution in [0.5, 0.6) is 11.8 Å². The number of carboxylic acid groups (broad SMARTS) is 1. The molecule has 0 spiro atoms. The Labute approximate surface area is 160 Å². The normalized spacial score (nSPS) is 15.4. The Morgan fingerprint density at radius 3 is 2.52 bits per heavy atom. The lowest BCUT2D eigenvalue weighted by molar-refractivity contribution is -0.385. The van der Waals surface area contributed by atoms with Gasteiger partial charge in [0.2, 0.25) is 11.7 Å². The molecule has 11 nitrogen and oxygen atoms in total. The van der Waals surface area contributed by atoms with E-state index in [0.29, 0.717) is 6.07 Å². The number of rotatable bonds is 5. The highest BCUT2D eigenvalue weighted by molar-refractivity contribution is 5.71. The summed E-state index contributed by atoms with van der Waals surface area (Å²) >= 11 is 0. The van der Waals surface area contributed by atoms with Crippen LogP contribution in [0.4, 0.5) is 24.7 Å². The number of aryl methyl sites for hydroxylation is 1. The van der Waals surface area contributed by atoms with Crippen LogP contribution in [0.15, 0.2) is 12.4 Å². The highest BCUT2D eigenvalue weighted by Gasteiger charge is 2.36. The van der Waals surface area contributed by atoms with E-state index in [0.717, 1.165) is 11.0 Å². The first-order valence-electron chi connectivity index (χ1n) is 8.34. The second-order valence-corrected chi connectivity index (χ2v) is 6.30. The second-order valence-electron chi connectivity index (χ2n) is 6.30. The molecule has 1 saturated heterocycles. The summed E-state index contributed by atoms with van der Waals surface area (Å²) in [6, 6.07) is 0.601. The van der Waals surface area contributed by atoms with E-state index in [4.69, 9.17) is 9.84 Å². The summed E-state index contributed by atoms with van der Waals surface area (Å²) in [6.45, 7) is 0.413. The molecule has 156 valence electrons. The van der Waals surface area contributed by atoms with Crippen molar-refractivity contribution < 1.29 is 32.7 Å². The third kappa shape index (κ3) is 4.20. The Kier molecular flexibility index (Phi) is 5.26. The Morgan fingerprint density at radius 1 is 1.34 bits per heavy atom. The number of piperidine rings is 1. The largest absolute Gasteiger partial charge is 0.481 e. The van der Waals surface area contributed by atoms with Gasteiger partial charge in [-0.05, 0) is 12.8 Å². The Bertz CT molecular complexity index is 939. The molecule has 3 rings (SSSR count). The van der Waals surface area contributed by atoms with E-state index in [1.807, 2.05) is 0 Å². The monoisotopic (exact) mass is 416 g/mol. The van der Waals surface area contributed by atoms with Crippen molar-refractivity contribution in [1.29, 1.82) is 0 Å². The zero-order chi connectivity index (χ0) is 21.3. The highest BCUT2D eigenvalue weighted by Crippen LogP contribution is 2.38. The zero-order valence-corrected chi connectivity index (χ0v) is 15.0. The molecule has 0 unspecified atom stereocenters. The van der Waals surface area contributed by atoms with Crippen LogP contribution in [0.1, 0.15) is 18.5 Å². The number of aliphatic carboxylic acids is 1. The molecule has 0 bridgehead atoms. The Hall–Kier alpha value is -3.45. The van der Waals surface area contributed by atoms with Crippen LogP contribution in [-0.4, -0.2) is 48.8 Å². The van der Waals surface area contributed by atoms with E-state index in [-0.39, 0.29) is 31.7 Å². The van der Waals surface area contributed by atoms with E-state index in [1.54, 1.807) is 0 Å². The van der Waals surface area contributed by atoms with Crippen LogP contribution in [0, 0.1) is 16.0 Å². The molecule has 3 heterocycles. The molecule has 0 radical (unpaired) electrons. The van der Waals surface area contributed by atoms with Crippen molar-refractivity contribution in [3.63, 3.8) is 0 Å². The molecule has 0 aliphatic carbocycles. The van der Waals surface area contributed by atoms with Crippen molar-refractivity contribution in [1.82, 2.24) is 19.7 Å². The Morgan fingerprint density at radius 2 is 2.00 bits per heavy atom. The maximum Gasteiger partial charge on any atom is 0.435 e. The number of alkyl halides is 3. The predicted molar refractivity (Wildman–Crippen MR) is 89.5 cm³/mol. The molecular formula is C15H15F3N6O5. The first-order chi connectivity index (χ1) is 13.6. The van der Waals surface area contributed by atoms with E-state index in [9.17, 15) is 28.1 Å². The molecule has 0 saturated carbocycles. The number of carbonyl (C=O) groups is 1. The highest BCUT2D eigenvalue weighted by atomic mass is 19.4. The summed E-state index contributed by atoms with van der Waals surface area (Å²) < 4.78 is 44.5. The third-order valence-corrected chi connectivity index (χ3v) is 4.42. The number of nitrogens with zero attached hydrogens (tertiary/aromatic N) is 6. The fourth-order valence-corrected chi connectivity index (χ4v) is 2.94. The number of hydrogen-bond acceptors (Lipinski definition) is 8. The van der Waals surface area contributed by atoms with Gasteiger partial charge in [0.05, 0.1) is 10.8 Å².